The summed E-state index contributed by atoms with van der Waals surface area (Å²) in [5.74, 6) is 5.19. The molecule has 0 bridgehead atoms. The molecule has 13 heteroatoms. The Morgan fingerprint density at radius 3 is 1.07 bits per heavy atom. The first-order chi connectivity index (χ1) is 55.3. The third-order valence-electron chi connectivity index (χ3n) is 20.8. The molecule has 112 heavy (non-hydrogen) atoms. The summed E-state index contributed by atoms with van der Waals surface area (Å²) in [6, 6.07) is 132. The van der Waals surface area contributed by atoms with E-state index >= 15 is 0 Å². The number of rotatable bonds is 10. The molecule has 0 saturated heterocycles. The lowest BCUT2D eigenvalue weighted by molar-refractivity contribution is 0.477. The van der Waals surface area contributed by atoms with Crippen LogP contribution in [0.4, 0.5) is 68.2 Å². The van der Waals surface area contributed by atoms with Crippen molar-refractivity contribution in [3.05, 3.63) is 410 Å². The van der Waals surface area contributed by atoms with Crippen LogP contribution < -0.4 is 29.8 Å². The lowest BCUT2D eigenvalue weighted by Crippen LogP contribution is -2.30. The minimum Gasteiger partial charge on any atom is -0.456 e. The number of hydrogen-bond donors (Lipinski definition) is 0. The van der Waals surface area contributed by atoms with Gasteiger partial charge in [0.2, 0.25) is 5.43 Å². The molecule has 18 aromatic rings. The van der Waals surface area contributed by atoms with E-state index in [1.807, 2.05) is 176 Å². The maximum atomic E-state index is 13.0. The quantitative estimate of drug-likeness (QED) is 0.121. The fraction of sp³-hybridized carbons (Fsp3) is 0.0303. The van der Waals surface area contributed by atoms with Crippen LogP contribution in [0.5, 0.6) is 11.5 Å². The number of para-hydroxylation sites is 13. The number of hydrogen-bond acceptors (Lipinski definition) is 12. The summed E-state index contributed by atoms with van der Waals surface area (Å²) in [6.07, 6.45) is 0. The molecule has 0 saturated carbocycles. The molecule has 0 spiro atoms. The first kappa shape index (κ1) is 67.5. The van der Waals surface area contributed by atoms with Gasteiger partial charge in [-0.3, -0.25) is 9.36 Å². The van der Waals surface area contributed by atoms with Gasteiger partial charge in [0.05, 0.1) is 56.3 Å². The average Bonchev–Trinajstić information content (AvgIpc) is 0.901. The van der Waals surface area contributed by atoms with E-state index in [1.54, 1.807) is 0 Å². The first-order valence-electron chi connectivity index (χ1n) is 37.3. The molecule has 21 rings (SSSR count). The molecule has 0 fully saturated rings. The summed E-state index contributed by atoms with van der Waals surface area (Å²) < 4.78 is 14.4. The van der Waals surface area contributed by atoms with Crippen LogP contribution in [-0.2, 0) is 5.41 Å². The van der Waals surface area contributed by atoms with Gasteiger partial charge in [0.1, 0.15) is 11.2 Å². The molecule has 13 nitrogen and oxygen atoms in total. The van der Waals surface area contributed by atoms with Crippen molar-refractivity contribution < 1.29 is 9.15 Å². The SMILES string of the molecule is CC1(C)c2ccccc2N(c2ccc3c(=O)c4ccccc4oc3c2)c2ccccc21.c1ccc(-c2nc(-c3ccccc3)nc(-c3ccc(N4c5ccccc5Oc5ccccc54)cc3)n2)cc1.c1ccc(-c2nnc(-c3ccc(N4c5ccccc5N(c5ccccc5)c5ccccc54)cc3)n2-c2ccccc2)cc1. The highest BCUT2D eigenvalue weighted by molar-refractivity contribution is 6.02. The van der Waals surface area contributed by atoms with Gasteiger partial charge in [-0.15, -0.1) is 10.2 Å². The van der Waals surface area contributed by atoms with Crippen molar-refractivity contribution in [1.29, 1.82) is 0 Å². The van der Waals surface area contributed by atoms with Crippen LogP contribution in [0.15, 0.2) is 397 Å². The zero-order chi connectivity index (χ0) is 75.1. The number of nitrogens with zero attached hydrogens (tertiary/aromatic N) is 10. The second-order valence-electron chi connectivity index (χ2n) is 28.0. The van der Waals surface area contributed by atoms with E-state index in [2.05, 4.69) is 261 Å². The molecule has 3 aliphatic rings. The number of aromatic nitrogens is 6. The van der Waals surface area contributed by atoms with Crippen LogP contribution in [0.3, 0.4) is 0 Å². The van der Waals surface area contributed by atoms with Gasteiger partial charge in [0.15, 0.2) is 40.6 Å². The highest BCUT2D eigenvalue weighted by Crippen LogP contribution is 2.56. The van der Waals surface area contributed by atoms with Crippen LogP contribution in [-0.4, -0.2) is 29.7 Å². The van der Waals surface area contributed by atoms with Gasteiger partial charge in [-0.25, -0.2) is 15.0 Å². The second kappa shape index (κ2) is 28.9. The molecular weight excluding hydrogens is 1380 g/mol. The van der Waals surface area contributed by atoms with Gasteiger partial charge in [0.25, 0.3) is 0 Å². The van der Waals surface area contributed by atoms with E-state index in [0.29, 0.717) is 39.4 Å². The number of fused-ring (bicyclic) bond motifs is 8. The Bertz CT molecular complexity index is 6360. The minimum absolute atomic E-state index is 0.00368. The van der Waals surface area contributed by atoms with Gasteiger partial charge in [-0.2, -0.15) is 0 Å². The molecular formula is C99H70N10O3. The van der Waals surface area contributed by atoms with Gasteiger partial charge in [-0.05, 0) is 169 Å². The molecule has 0 N–H and O–H groups in total. The highest BCUT2D eigenvalue weighted by Gasteiger charge is 2.37. The predicted octanol–water partition coefficient (Wildman–Crippen LogP) is 25.4. The monoisotopic (exact) mass is 1450 g/mol. The zero-order valence-electron chi connectivity index (χ0n) is 61.1. The van der Waals surface area contributed by atoms with Crippen LogP contribution >= 0.6 is 0 Å². The molecule has 534 valence electrons. The fourth-order valence-corrected chi connectivity index (χ4v) is 15.5. The standard InChI is InChI=1S/C38H27N5.C33H22N4O.C28H21NO2/c1-4-14-28(15-5-1)37-39-40-38(43(37)31-18-8-3-9-19-31)29-24-26-32(27-25-29)42-35-22-12-10-20-33(35)41(30-16-6-2-7-17-30)34-21-11-13-23-36(34)42;1-3-11-23(12-4-1)31-34-32(24-13-5-2-6-14-24)36-33(35-31)25-19-21-26(22-20-25)37-27-15-7-9-17-29(27)38-30-18-10-8-16-28(30)37;1-28(2)21-10-4-6-12-23(21)29(24-13-7-5-11-22(24)28)18-15-16-20-26(17-18)31-25-14-8-3-9-19(25)27(20)30/h1-27H;1-22H;3-17H,1-2H3. The maximum Gasteiger partial charge on any atom is 0.200 e. The Labute approximate surface area is 647 Å². The molecule has 0 unspecified atom stereocenters. The molecule has 0 aliphatic carbocycles. The van der Waals surface area contributed by atoms with Crippen LogP contribution in [0.1, 0.15) is 25.0 Å². The number of ether oxygens (including phenoxy) is 1. The minimum atomic E-state index is -0.108. The number of anilines is 12. The van der Waals surface area contributed by atoms with Crippen molar-refractivity contribution in [3.63, 3.8) is 0 Å². The average molecular weight is 1450 g/mol. The summed E-state index contributed by atoms with van der Waals surface area (Å²) in [5, 5.41) is 10.5. The summed E-state index contributed by atoms with van der Waals surface area (Å²) in [7, 11) is 0. The molecule has 6 heterocycles. The van der Waals surface area contributed by atoms with Crippen molar-refractivity contribution >= 4 is 90.2 Å². The van der Waals surface area contributed by atoms with E-state index in [9.17, 15) is 4.79 Å². The van der Waals surface area contributed by atoms with E-state index in [-0.39, 0.29) is 10.8 Å². The normalized spacial score (nSPS) is 12.7. The van der Waals surface area contributed by atoms with Crippen molar-refractivity contribution in [3.8, 4) is 74.1 Å². The smallest absolute Gasteiger partial charge is 0.200 e. The Kier molecular flexibility index (Phi) is 17.4. The summed E-state index contributed by atoms with van der Waals surface area (Å²) >= 11 is 0. The summed E-state index contributed by atoms with van der Waals surface area (Å²) in [4.78, 5) is 36.7. The van der Waals surface area contributed by atoms with Gasteiger partial charge >= 0.3 is 0 Å². The van der Waals surface area contributed by atoms with E-state index in [4.69, 9.17) is 24.1 Å². The van der Waals surface area contributed by atoms with Crippen LogP contribution in [0, 0.1) is 0 Å². The molecule has 0 amide bonds. The first-order valence-corrected chi connectivity index (χ1v) is 37.3. The Morgan fingerprint density at radius 1 is 0.268 bits per heavy atom. The Balaban J connectivity index is 0.000000115. The molecule has 3 aliphatic heterocycles. The summed E-state index contributed by atoms with van der Waals surface area (Å²) in [6.45, 7) is 4.54. The van der Waals surface area contributed by atoms with E-state index in [0.717, 1.165) is 125 Å². The highest BCUT2D eigenvalue weighted by atomic mass is 16.5. The van der Waals surface area contributed by atoms with Gasteiger partial charge in [0, 0.05) is 67.7 Å². The van der Waals surface area contributed by atoms with Crippen molar-refractivity contribution in [2.24, 2.45) is 0 Å². The Hall–Kier alpha value is -15.1. The molecule has 0 radical (unpaired) electrons. The third-order valence-corrected chi connectivity index (χ3v) is 20.8. The maximum absolute atomic E-state index is 13.0. The predicted molar refractivity (Wildman–Crippen MR) is 453 cm³/mol. The zero-order valence-corrected chi connectivity index (χ0v) is 61.1. The number of benzene rings is 15. The lowest BCUT2D eigenvalue weighted by Gasteiger charge is -2.42. The van der Waals surface area contributed by atoms with Gasteiger partial charge in [-0.1, -0.05) is 238 Å². The molecule has 15 aromatic carbocycles. The largest absolute Gasteiger partial charge is 0.456 e. The molecule has 3 aromatic heterocycles. The lowest BCUT2D eigenvalue weighted by atomic mass is 9.73. The fourth-order valence-electron chi connectivity index (χ4n) is 15.5. The topological polar surface area (TPSA) is 122 Å². The van der Waals surface area contributed by atoms with E-state index in [1.165, 1.54) is 11.1 Å². The van der Waals surface area contributed by atoms with Crippen molar-refractivity contribution in [2.45, 2.75) is 19.3 Å². The Morgan fingerprint density at radius 2 is 0.589 bits per heavy atom. The van der Waals surface area contributed by atoms with Crippen molar-refractivity contribution in [2.75, 3.05) is 19.6 Å². The van der Waals surface area contributed by atoms with Crippen LogP contribution in [0.2, 0.25) is 0 Å². The molecule has 0 atom stereocenters. The van der Waals surface area contributed by atoms with Crippen LogP contribution in [0.25, 0.3) is 84.6 Å². The summed E-state index contributed by atoms with van der Waals surface area (Å²) in [5.41, 5.74) is 22.5. The third kappa shape index (κ3) is 12.4. The van der Waals surface area contributed by atoms with Crippen molar-refractivity contribution in [1.82, 2.24) is 29.7 Å². The van der Waals surface area contributed by atoms with Gasteiger partial charge < -0.3 is 28.8 Å². The second-order valence-corrected chi connectivity index (χ2v) is 28.0. The van der Waals surface area contributed by atoms with E-state index < -0.39 is 0 Å².